The summed E-state index contributed by atoms with van der Waals surface area (Å²) in [5.41, 5.74) is 0. The Hall–Kier alpha value is -0.410. The van der Waals surface area contributed by atoms with Crippen LogP contribution in [0.15, 0.2) is 22.8 Å². The van der Waals surface area contributed by atoms with Crippen molar-refractivity contribution in [1.82, 2.24) is 5.32 Å². The zero-order valence-electron chi connectivity index (χ0n) is 10.5. The Morgan fingerprint density at radius 1 is 1.50 bits per heavy atom. The first-order valence-electron chi connectivity index (χ1n) is 6.03. The Kier molecular flexibility index (Phi) is 6.65. The zero-order valence-corrected chi connectivity index (χ0v) is 11.3. The third kappa shape index (κ3) is 5.08. The summed E-state index contributed by atoms with van der Waals surface area (Å²) in [4.78, 5) is 0. The van der Waals surface area contributed by atoms with Crippen LogP contribution in [0.5, 0.6) is 0 Å². The Morgan fingerprint density at radius 2 is 2.31 bits per heavy atom. The molecule has 0 aliphatic heterocycles. The predicted molar refractivity (Wildman–Crippen MR) is 72.1 cm³/mol. The smallest absolute Gasteiger partial charge is 0.103 e. The molecule has 0 aliphatic carbocycles. The van der Waals surface area contributed by atoms with Crippen molar-refractivity contribution in [1.29, 1.82) is 0 Å². The predicted octanol–water partition coefficient (Wildman–Crippen LogP) is 3.33. The highest BCUT2D eigenvalue weighted by Crippen LogP contribution is 2.08. The standard InChI is InChI=1S/C13H23NOS/c1-4-12(10-16-3)14-11(2)7-8-13-6-5-9-15-13/h5-6,9,11-12,14H,4,7-8,10H2,1-3H3. The van der Waals surface area contributed by atoms with Crippen molar-refractivity contribution in [2.24, 2.45) is 0 Å². The molecule has 0 radical (unpaired) electrons. The van der Waals surface area contributed by atoms with E-state index in [1.54, 1.807) is 6.26 Å². The van der Waals surface area contributed by atoms with E-state index in [0.717, 1.165) is 18.6 Å². The van der Waals surface area contributed by atoms with Gasteiger partial charge in [-0.2, -0.15) is 11.8 Å². The molecule has 1 rings (SSSR count). The van der Waals surface area contributed by atoms with Crippen LogP contribution in [0.4, 0.5) is 0 Å². The molecular weight excluding hydrogens is 218 g/mol. The van der Waals surface area contributed by atoms with Gasteiger partial charge >= 0.3 is 0 Å². The second-order valence-corrected chi connectivity index (χ2v) is 5.16. The van der Waals surface area contributed by atoms with Gasteiger partial charge in [-0.1, -0.05) is 6.92 Å². The number of hydrogen-bond donors (Lipinski definition) is 1. The molecule has 1 aromatic heterocycles. The van der Waals surface area contributed by atoms with E-state index in [2.05, 4.69) is 25.4 Å². The fourth-order valence-corrected chi connectivity index (χ4v) is 2.52. The minimum absolute atomic E-state index is 0.558. The molecular formula is C13H23NOS. The average molecular weight is 241 g/mol. The third-order valence-corrected chi connectivity index (χ3v) is 3.52. The van der Waals surface area contributed by atoms with Crippen molar-refractivity contribution in [2.45, 2.75) is 45.2 Å². The highest BCUT2D eigenvalue weighted by atomic mass is 32.2. The molecule has 2 atom stereocenters. The van der Waals surface area contributed by atoms with E-state index in [0.29, 0.717) is 12.1 Å². The van der Waals surface area contributed by atoms with E-state index >= 15 is 0 Å². The number of hydrogen-bond acceptors (Lipinski definition) is 3. The molecule has 0 fully saturated rings. The van der Waals surface area contributed by atoms with E-state index in [4.69, 9.17) is 4.42 Å². The molecule has 2 unspecified atom stereocenters. The molecule has 92 valence electrons. The second-order valence-electron chi connectivity index (χ2n) is 4.25. The molecule has 3 heteroatoms. The highest BCUT2D eigenvalue weighted by Gasteiger charge is 2.10. The van der Waals surface area contributed by atoms with Gasteiger partial charge in [-0.3, -0.25) is 0 Å². The van der Waals surface area contributed by atoms with Gasteiger partial charge in [-0.05, 0) is 38.2 Å². The molecule has 0 amide bonds. The van der Waals surface area contributed by atoms with Crippen LogP contribution in [-0.4, -0.2) is 24.1 Å². The molecule has 1 aromatic rings. The molecule has 0 aliphatic rings. The van der Waals surface area contributed by atoms with Gasteiger partial charge in [0, 0.05) is 24.3 Å². The Labute approximate surface area is 103 Å². The van der Waals surface area contributed by atoms with Crippen LogP contribution in [0.1, 0.15) is 32.4 Å². The number of rotatable bonds is 8. The lowest BCUT2D eigenvalue weighted by Crippen LogP contribution is -2.38. The topological polar surface area (TPSA) is 25.2 Å². The van der Waals surface area contributed by atoms with Crippen molar-refractivity contribution < 1.29 is 4.42 Å². The molecule has 0 bridgehead atoms. The maximum absolute atomic E-state index is 5.33. The van der Waals surface area contributed by atoms with Gasteiger partial charge in [0.1, 0.15) is 5.76 Å². The van der Waals surface area contributed by atoms with Gasteiger partial charge in [-0.25, -0.2) is 0 Å². The Balaban J connectivity index is 2.21. The SMILES string of the molecule is CCC(CSC)NC(C)CCc1ccco1. The Morgan fingerprint density at radius 3 is 2.88 bits per heavy atom. The maximum Gasteiger partial charge on any atom is 0.103 e. The molecule has 1 heterocycles. The lowest BCUT2D eigenvalue weighted by Gasteiger charge is -2.21. The van der Waals surface area contributed by atoms with Crippen LogP contribution in [-0.2, 0) is 6.42 Å². The first-order valence-corrected chi connectivity index (χ1v) is 7.43. The number of nitrogens with one attached hydrogen (secondary N) is 1. The van der Waals surface area contributed by atoms with Gasteiger partial charge in [0.25, 0.3) is 0 Å². The van der Waals surface area contributed by atoms with Gasteiger partial charge in [0.15, 0.2) is 0 Å². The number of thioether (sulfide) groups is 1. The summed E-state index contributed by atoms with van der Waals surface area (Å²) in [5.74, 6) is 2.29. The highest BCUT2D eigenvalue weighted by molar-refractivity contribution is 7.98. The summed E-state index contributed by atoms with van der Waals surface area (Å²) in [5, 5.41) is 3.67. The summed E-state index contributed by atoms with van der Waals surface area (Å²) in [6, 6.07) is 5.20. The van der Waals surface area contributed by atoms with Gasteiger partial charge in [-0.15, -0.1) is 0 Å². The third-order valence-electron chi connectivity index (χ3n) is 2.78. The maximum atomic E-state index is 5.33. The van der Waals surface area contributed by atoms with Crippen LogP contribution in [0.25, 0.3) is 0 Å². The van der Waals surface area contributed by atoms with Crippen molar-refractivity contribution in [3.63, 3.8) is 0 Å². The Bertz CT molecular complexity index is 261. The number of furan rings is 1. The first-order chi connectivity index (χ1) is 7.76. The normalized spacial score (nSPS) is 14.9. The average Bonchev–Trinajstić information content (AvgIpc) is 2.78. The van der Waals surface area contributed by atoms with E-state index in [1.807, 2.05) is 23.9 Å². The molecule has 0 saturated carbocycles. The van der Waals surface area contributed by atoms with Crippen molar-refractivity contribution in [3.05, 3.63) is 24.2 Å². The lowest BCUT2D eigenvalue weighted by molar-refractivity contribution is 0.422. The van der Waals surface area contributed by atoms with Crippen LogP contribution in [0, 0.1) is 0 Å². The largest absolute Gasteiger partial charge is 0.469 e. The van der Waals surface area contributed by atoms with Crippen molar-refractivity contribution in [3.8, 4) is 0 Å². The molecule has 1 N–H and O–H groups in total. The summed E-state index contributed by atoms with van der Waals surface area (Å²) < 4.78 is 5.33. The van der Waals surface area contributed by atoms with E-state index in [1.165, 1.54) is 12.2 Å². The number of aryl methyl sites for hydroxylation is 1. The molecule has 0 saturated heterocycles. The van der Waals surface area contributed by atoms with E-state index in [-0.39, 0.29) is 0 Å². The summed E-state index contributed by atoms with van der Waals surface area (Å²) in [6.45, 7) is 4.50. The minimum Gasteiger partial charge on any atom is -0.469 e. The van der Waals surface area contributed by atoms with Crippen molar-refractivity contribution in [2.75, 3.05) is 12.0 Å². The van der Waals surface area contributed by atoms with Crippen LogP contribution >= 0.6 is 11.8 Å². The van der Waals surface area contributed by atoms with Gasteiger partial charge in [0.2, 0.25) is 0 Å². The summed E-state index contributed by atoms with van der Waals surface area (Å²) in [6.07, 6.45) is 7.27. The van der Waals surface area contributed by atoms with E-state index < -0.39 is 0 Å². The fourth-order valence-electron chi connectivity index (χ4n) is 1.78. The lowest BCUT2D eigenvalue weighted by atomic mass is 10.1. The van der Waals surface area contributed by atoms with Crippen LogP contribution in [0.3, 0.4) is 0 Å². The second kappa shape index (κ2) is 7.80. The molecule has 2 nitrogen and oxygen atoms in total. The monoisotopic (exact) mass is 241 g/mol. The minimum atomic E-state index is 0.558. The quantitative estimate of drug-likeness (QED) is 0.756. The van der Waals surface area contributed by atoms with Crippen LogP contribution in [0.2, 0.25) is 0 Å². The van der Waals surface area contributed by atoms with Gasteiger partial charge in [0.05, 0.1) is 6.26 Å². The van der Waals surface area contributed by atoms with Crippen molar-refractivity contribution >= 4 is 11.8 Å². The fraction of sp³-hybridized carbons (Fsp3) is 0.692. The van der Waals surface area contributed by atoms with Gasteiger partial charge < -0.3 is 9.73 Å². The van der Waals surface area contributed by atoms with E-state index in [9.17, 15) is 0 Å². The molecule has 16 heavy (non-hydrogen) atoms. The first kappa shape index (κ1) is 13.7. The zero-order chi connectivity index (χ0) is 11.8. The summed E-state index contributed by atoms with van der Waals surface area (Å²) >= 11 is 1.91. The molecule has 0 spiro atoms. The van der Waals surface area contributed by atoms with Crippen LogP contribution < -0.4 is 5.32 Å². The summed E-state index contributed by atoms with van der Waals surface area (Å²) in [7, 11) is 0. The molecule has 0 aromatic carbocycles.